The summed E-state index contributed by atoms with van der Waals surface area (Å²) in [6.45, 7) is 5.44. The number of carbonyl (C=O) groups excluding carboxylic acids is 1. The van der Waals surface area contributed by atoms with Crippen LogP contribution in [0.1, 0.15) is 74.6 Å². The van der Waals surface area contributed by atoms with Gasteiger partial charge in [-0.3, -0.25) is 4.79 Å². The van der Waals surface area contributed by atoms with E-state index in [2.05, 4.69) is 30.5 Å². The summed E-state index contributed by atoms with van der Waals surface area (Å²) in [7, 11) is 1.69. The predicted octanol–water partition coefficient (Wildman–Crippen LogP) is 3.91. The van der Waals surface area contributed by atoms with Gasteiger partial charge in [-0.15, -0.1) is 0 Å². The van der Waals surface area contributed by atoms with Crippen molar-refractivity contribution in [1.82, 2.24) is 5.32 Å². The van der Waals surface area contributed by atoms with Gasteiger partial charge in [0.15, 0.2) is 0 Å². The number of carbonyl (C=O) groups is 1. The van der Waals surface area contributed by atoms with E-state index < -0.39 is 0 Å². The molecule has 3 rings (SSSR count). The second-order valence-electron chi connectivity index (χ2n) is 6.84. The van der Waals surface area contributed by atoms with Crippen LogP contribution in [0.3, 0.4) is 0 Å². The average molecular weight is 316 g/mol. The number of fused-ring (bicyclic) bond motifs is 3. The first-order valence-corrected chi connectivity index (χ1v) is 8.92. The van der Waals surface area contributed by atoms with Crippen LogP contribution >= 0.6 is 0 Å². The minimum atomic E-state index is 0.0941. The van der Waals surface area contributed by atoms with E-state index in [1.54, 1.807) is 7.11 Å². The Morgan fingerprint density at radius 2 is 2.26 bits per heavy atom. The summed E-state index contributed by atoms with van der Waals surface area (Å²) in [6, 6.07) is 2.56. The number of hydrogen-bond donors (Lipinski definition) is 2. The van der Waals surface area contributed by atoms with Crippen molar-refractivity contribution in [3.05, 3.63) is 22.8 Å². The molecule has 0 saturated heterocycles. The van der Waals surface area contributed by atoms with Gasteiger partial charge in [0.05, 0.1) is 12.8 Å². The first kappa shape index (κ1) is 16.3. The minimum Gasteiger partial charge on any atom is -0.495 e. The van der Waals surface area contributed by atoms with Crippen molar-refractivity contribution in [2.75, 3.05) is 19.0 Å². The van der Waals surface area contributed by atoms with Crippen molar-refractivity contribution in [1.29, 1.82) is 0 Å². The van der Waals surface area contributed by atoms with Gasteiger partial charge in [-0.25, -0.2) is 0 Å². The van der Waals surface area contributed by atoms with Crippen LogP contribution in [0.4, 0.5) is 5.69 Å². The molecule has 23 heavy (non-hydrogen) atoms. The second kappa shape index (κ2) is 6.91. The Morgan fingerprint density at radius 1 is 1.43 bits per heavy atom. The lowest BCUT2D eigenvalue weighted by Gasteiger charge is -2.34. The van der Waals surface area contributed by atoms with Crippen LogP contribution in [0, 0.1) is 0 Å². The molecule has 1 aliphatic heterocycles. The molecule has 2 unspecified atom stereocenters. The number of methoxy groups -OCH3 is 1. The van der Waals surface area contributed by atoms with Gasteiger partial charge in [-0.1, -0.05) is 20.3 Å². The van der Waals surface area contributed by atoms with E-state index in [9.17, 15) is 4.79 Å². The normalized spacial score (nSPS) is 23.0. The molecule has 2 N–H and O–H groups in total. The molecule has 0 bridgehead atoms. The Kier molecular flexibility index (Phi) is 4.90. The summed E-state index contributed by atoms with van der Waals surface area (Å²) in [4.78, 5) is 11.9. The maximum atomic E-state index is 11.9. The molecular weight excluding hydrogens is 288 g/mol. The zero-order chi connectivity index (χ0) is 16.4. The van der Waals surface area contributed by atoms with Crippen LogP contribution in [0.2, 0.25) is 0 Å². The number of ether oxygens (including phenoxy) is 1. The summed E-state index contributed by atoms with van der Waals surface area (Å²) < 4.78 is 5.61. The monoisotopic (exact) mass is 316 g/mol. The van der Waals surface area contributed by atoms with Gasteiger partial charge in [0.1, 0.15) is 5.75 Å². The molecule has 2 atom stereocenters. The molecule has 0 radical (unpaired) electrons. The highest BCUT2D eigenvalue weighted by molar-refractivity contribution is 5.97. The van der Waals surface area contributed by atoms with Crippen LogP contribution < -0.4 is 15.4 Å². The SMILES string of the molecule is CCCCNC1CCCc2c1cc(OC)c1c2C(C)CC(=O)N1. The van der Waals surface area contributed by atoms with E-state index in [4.69, 9.17) is 4.74 Å². The summed E-state index contributed by atoms with van der Waals surface area (Å²) >= 11 is 0. The fourth-order valence-electron chi connectivity index (χ4n) is 4.04. The third-order valence-electron chi connectivity index (χ3n) is 5.16. The molecule has 1 heterocycles. The van der Waals surface area contributed by atoms with E-state index in [0.29, 0.717) is 12.5 Å². The maximum absolute atomic E-state index is 11.9. The first-order chi connectivity index (χ1) is 11.2. The minimum absolute atomic E-state index is 0.0941. The number of benzene rings is 1. The quantitative estimate of drug-likeness (QED) is 0.810. The fourth-order valence-corrected chi connectivity index (χ4v) is 4.04. The Balaban J connectivity index is 2.02. The highest BCUT2D eigenvalue weighted by Gasteiger charge is 2.32. The molecule has 0 saturated carbocycles. The van der Waals surface area contributed by atoms with E-state index in [0.717, 1.165) is 24.4 Å². The van der Waals surface area contributed by atoms with Gasteiger partial charge in [-0.05, 0) is 60.9 Å². The van der Waals surface area contributed by atoms with Gasteiger partial charge in [0, 0.05) is 12.5 Å². The third-order valence-corrected chi connectivity index (χ3v) is 5.16. The Labute approximate surface area is 139 Å². The van der Waals surface area contributed by atoms with Gasteiger partial charge in [0.25, 0.3) is 0 Å². The zero-order valence-electron chi connectivity index (χ0n) is 14.5. The largest absolute Gasteiger partial charge is 0.495 e. The zero-order valence-corrected chi connectivity index (χ0v) is 14.5. The number of rotatable bonds is 5. The molecule has 1 amide bonds. The predicted molar refractivity (Wildman–Crippen MR) is 93.2 cm³/mol. The maximum Gasteiger partial charge on any atom is 0.225 e. The molecule has 4 nitrogen and oxygen atoms in total. The number of anilines is 1. The topological polar surface area (TPSA) is 50.4 Å². The van der Waals surface area contributed by atoms with E-state index in [-0.39, 0.29) is 11.8 Å². The summed E-state index contributed by atoms with van der Waals surface area (Å²) in [5, 5.41) is 6.76. The molecule has 0 spiro atoms. The third kappa shape index (κ3) is 3.09. The van der Waals surface area contributed by atoms with Crippen LogP contribution in [0.15, 0.2) is 6.07 Å². The molecule has 0 aromatic heterocycles. The lowest BCUT2D eigenvalue weighted by molar-refractivity contribution is -0.116. The van der Waals surface area contributed by atoms with Crippen molar-refractivity contribution >= 4 is 11.6 Å². The summed E-state index contributed by atoms with van der Waals surface area (Å²) in [5.41, 5.74) is 5.03. The number of amides is 1. The highest BCUT2D eigenvalue weighted by Crippen LogP contribution is 2.46. The van der Waals surface area contributed by atoms with Crippen LogP contribution in [0.25, 0.3) is 0 Å². The smallest absolute Gasteiger partial charge is 0.225 e. The van der Waals surface area contributed by atoms with Crippen molar-refractivity contribution < 1.29 is 9.53 Å². The van der Waals surface area contributed by atoms with E-state index in [1.165, 1.54) is 42.4 Å². The lowest BCUT2D eigenvalue weighted by atomic mass is 9.78. The molecule has 4 heteroatoms. The second-order valence-corrected chi connectivity index (χ2v) is 6.84. The number of unbranched alkanes of at least 4 members (excludes halogenated alkanes) is 1. The average Bonchev–Trinajstić information content (AvgIpc) is 2.53. The summed E-state index contributed by atoms with van der Waals surface area (Å²) in [6.07, 6.45) is 6.48. The molecular formula is C19H28N2O2. The molecule has 1 aromatic carbocycles. The molecule has 0 fully saturated rings. The Morgan fingerprint density at radius 3 is 3.00 bits per heavy atom. The van der Waals surface area contributed by atoms with Crippen molar-refractivity contribution in [2.45, 2.75) is 64.3 Å². The van der Waals surface area contributed by atoms with Crippen molar-refractivity contribution in [2.24, 2.45) is 0 Å². The molecule has 1 aromatic rings. The van der Waals surface area contributed by atoms with Gasteiger partial charge in [0.2, 0.25) is 5.91 Å². The van der Waals surface area contributed by atoms with Crippen LogP contribution in [0.5, 0.6) is 5.75 Å². The lowest BCUT2D eigenvalue weighted by Crippen LogP contribution is -2.29. The highest BCUT2D eigenvalue weighted by atomic mass is 16.5. The van der Waals surface area contributed by atoms with Gasteiger partial charge < -0.3 is 15.4 Å². The number of hydrogen-bond acceptors (Lipinski definition) is 3. The van der Waals surface area contributed by atoms with Gasteiger partial charge >= 0.3 is 0 Å². The Bertz CT molecular complexity index is 598. The van der Waals surface area contributed by atoms with Crippen LogP contribution in [-0.2, 0) is 11.2 Å². The summed E-state index contributed by atoms with van der Waals surface area (Å²) in [5.74, 6) is 1.16. The van der Waals surface area contributed by atoms with Crippen molar-refractivity contribution in [3.8, 4) is 5.75 Å². The van der Waals surface area contributed by atoms with Gasteiger partial charge in [-0.2, -0.15) is 0 Å². The molecule has 126 valence electrons. The van der Waals surface area contributed by atoms with Crippen LogP contribution in [-0.4, -0.2) is 19.6 Å². The number of nitrogens with one attached hydrogen (secondary N) is 2. The fraction of sp³-hybridized carbons (Fsp3) is 0.632. The molecule has 1 aliphatic carbocycles. The molecule has 2 aliphatic rings. The Hall–Kier alpha value is -1.55. The van der Waals surface area contributed by atoms with E-state index >= 15 is 0 Å². The van der Waals surface area contributed by atoms with Crippen molar-refractivity contribution in [3.63, 3.8) is 0 Å². The first-order valence-electron chi connectivity index (χ1n) is 8.92. The standard InChI is InChI=1S/C19H28N2O2/c1-4-5-9-20-15-8-6-7-13-14(15)11-16(23-3)19-18(13)12(2)10-17(22)21-19/h11-12,15,20H,4-10H2,1-3H3,(H,21,22). The van der Waals surface area contributed by atoms with E-state index in [1.807, 2.05) is 0 Å².